The van der Waals surface area contributed by atoms with E-state index >= 15 is 0 Å². The predicted molar refractivity (Wildman–Crippen MR) is 52.6 cm³/mol. The monoisotopic (exact) mass is 188 g/mol. The summed E-state index contributed by atoms with van der Waals surface area (Å²) in [5.41, 5.74) is 0. The van der Waals surface area contributed by atoms with E-state index in [1.54, 1.807) is 24.2 Å². The highest BCUT2D eigenvalue weighted by Crippen LogP contribution is 2.23. The van der Waals surface area contributed by atoms with Crippen molar-refractivity contribution in [1.82, 2.24) is 9.97 Å². The zero-order valence-electron chi connectivity index (χ0n) is 6.92. The highest BCUT2D eigenvalue weighted by Gasteiger charge is 1.95. The standard InChI is InChI=1S/C10H8N2S/c1-2-7-12-10(5-1)13-9-4-3-6-11-8-9/h1-8H. The summed E-state index contributed by atoms with van der Waals surface area (Å²) in [7, 11) is 0. The Bertz CT molecular complexity index is 324. The average molecular weight is 188 g/mol. The van der Waals surface area contributed by atoms with E-state index in [0.717, 1.165) is 9.92 Å². The average Bonchev–Trinajstić information content (AvgIpc) is 2.21. The Morgan fingerprint density at radius 1 is 1.00 bits per heavy atom. The molecule has 64 valence electrons. The van der Waals surface area contributed by atoms with Crippen LogP contribution >= 0.6 is 11.8 Å². The molecule has 0 aromatic carbocycles. The molecule has 0 spiro atoms. The molecule has 13 heavy (non-hydrogen) atoms. The summed E-state index contributed by atoms with van der Waals surface area (Å²) < 4.78 is 0. The van der Waals surface area contributed by atoms with E-state index < -0.39 is 0 Å². The largest absolute Gasteiger partial charge is 0.264 e. The summed E-state index contributed by atoms with van der Waals surface area (Å²) in [4.78, 5) is 9.35. The van der Waals surface area contributed by atoms with Gasteiger partial charge in [0, 0.05) is 23.5 Å². The molecule has 0 aliphatic heterocycles. The van der Waals surface area contributed by atoms with E-state index in [-0.39, 0.29) is 0 Å². The third-order valence-electron chi connectivity index (χ3n) is 1.49. The van der Waals surface area contributed by atoms with E-state index in [0.29, 0.717) is 0 Å². The summed E-state index contributed by atoms with van der Waals surface area (Å²) in [5.74, 6) is 0. The normalized spacial score (nSPS) is 9.85. The number of hydrogen-bond acceptors (Lipinski definition) is 3. The van der Waals surface area contributed by atoms with Crippen molar-refractivity contribution < 1.29 is 0 Å². The lowest BCUT2D eigenvalue weighted by Crippen LogP contribution is -1.77. The minimum Gasteiger partial charge on any atom is -0.264 e. The van der Waals surface area contributed by atoms with E-state index in [4.69, 9.17) is 0 Å². The molecule has 0 radical (unpaired) electrons. The Morgan fingerprint density at radius 3 is 2.69 bits per heavy atom. The molecule has 2 nitrogen and oxygen atoms in total. The van der Waals surface area contributed by atoms with E-state index in [9.17, 15) is 0 Å². The molecule has 2 rings (SSSR count). The molecule has 0 saturated carbocycles. The maximum atomic E-state index is 4.21. The van der Waals surface area contributed by atoms with E-state index in [1.807, 2.05) is 36.5 Å². The molecule has 0 unspecified atom stereocenters. The quantitative estimate of drug-likeness (QED) is 0.724. The molecular formula is C10H8N2S. The predicted octanol–water partition coefficient (Wildman–Crippen LogP) is 2.63. The van der Waals surface area contributed by atoms with Gasteiger partial charge in [0.05, 0.1) is 0 Å². The fraction of sp³-hybridized carbons (Fsp3) is 0. The minimum absolute atomic E-state index is 0.996. The molecule has 0 amide bonds. The second kappa shape index (κ2) is 4.05. The van der Waals surface area contributed by atoms with Crippen molar-refractivity contribution in [1.29, 1.82) is 0 Å². The molecule has 0 atom stereocenters. The summed E-state index contributed by atoms with van der Waals surface area (Å²) in [6, 6.07) is 9.81. The van der Waals surface area contributed by atoms with Gasteiger partial charge in [-0.1, -0.05) is 17.8 Å². The van der Waals surface area contributed by atoms with Crippen molar-refractivity contribution in [2.45, 2.75) is 9.92 Å². The number of rotatable bonds is 2. The van der Waals surface area contributed by atoms with Gasteiger partial charge in [0.1, 0.15) is 5.03 Å². The molecule has 0 bridgehead atoms. The Hall–Kier alpha value is -1.35. The van der Waals surface area contributed by atoms with Gasteiger partial charge >= 0.3 is 0 Å². The SMILES string of the molecule is c1ccc(Sc2cccnc2)nc1. The van der Waals surface area contributed by atoms with Crippen molar-refractivity contribution in [2.75, 3.05) is 0 Å². The molecule has 2 aromatic heterocycles. The number of aromatic nitrogens is 2. The highest BCUT2D eigenvalue weighted by molar-refractivity contribution is 7.99. The van der Waals surface area contributed by atoms with E-state index in [2.05, 4.69) is 9.97 Å². The summed E-state index contributed by atoms with van der Waals surface area (Å²) in [5, 5.41) is 0.996. The van der Waals surface area contributed by atoms with Gasteiger partial charge in [-0.25, -0.2) is 4.98 Å². The van der Waals surface area contributed by atoms with Crippen LogP contribution in [0.1, 0.15) is 0 Å². The Kier molecular flexibility index (Phi) is 2.57. The third kappa shape index (κ3) is 2.29. The maximum Gasteiger partial charge on any atom is 0.101 e. The zero-order valence-corrected chi connectivity index (χ0v) is 7.74. The van der Waals surface area contributed by atoms with Crippen LogP contribution in [0.15, 0.2) is 58.8 Å². The molecule has 2 heterocycles. The summed E-state index contributed by atoms with van der Waals surface area (Å²) in [6.45, 7) is 0. The second-order valence-corrected chi connectivity index (χ2v) is 3.55. The topological polar surface area (TPSA) is 25.8 Å². The van der Waals surface area contributed by atoms with Gasteiger partial charge in [0.15, 0.2) is 0 Å². The second-order valence-electron chi connectivity index (χ2n) is 2.46. The van der Waals surface area contributed by atoms with Gasteiger partial charge in [-0.05, 0) is 24.3 Å². The molecule has 0 aliphatic carbocycles. The van der Waals surface area contributed by atoms with Gasteiger partial charge in [-0.3, -0.25) is 4.98 Å². The van der Waals surface area contributed by atoms with Crippen LogP contribution in [0.5, 0.6) is 0 Å². The summed E-state index contributed by atoms with van der Waals surface area (Å²) >= 11 is 1.61. The van der Waals surface area contributed by atoms with Crippen molar-refractivity contribution >= 4 is 11.8 Å². The molecule has 2 aromatic rings. The van der Waals surface area contributed by atoms with Crippen LogP contribution in [0.2, 0.25) is 0 Å². The first kappa shape index (κ1) is 8.26. The lowest BCUT2D eigenvalue weighted by Gasteiger charge is -1.97. The van der Waals surface area contributed by atoms with Gasteiger partial charge in [-0.15, -0.1) is 0 Å². The number of nitrogens with zero attached hydrogens (tertiary/aromatic N) is 2. The zero-order chi connectivity index (χ0) is 8.93. The van der Waals surface area contributed by atoms with Crippen LogP contribution in [0.25, 0.3) is 0 Å². The van der Waals surface area contributed by atoms with Gasteiger partial charge < -0.3 is 0 Å². The molecule has 0 N–H and O–H groups in total. The first-order valence-electron chi connectivity index (χ1n) is 3.94. The van der Waals surface area contributed by atoms with Crippen LogP contribution in [-0.2, 0) is 0 Å². The van der Waals surface area contributed by atoms with Crippen molar-refractivity contribution in [3.8, 4) is 0 Å². The summed E-state index contributed by atoms with van der Waals surface area (Å²) in [6.07, 6.45) is 5.39. The molecular weight excluding hydrogens is 180 g/mol. The number of hydrogen-bond donors (Lipinski definition) is 0. The lowest BCUT2D eigenvalue weighted by molar-refractivity contribution is 1.13. The van der Waals surface area contributed by atoms with Crippen LogP contribution in [-0.4, -0.2) is 9.97 Å². The van der Waals surface area contributed by atoms with Gasteiger partial charge in [-0.2, -0.15) is 0 Å². The van der Waals surface area contributed by atoms with Crippen LogP contribution in [0.3, 0.4) is 0 Å². The fourth-order valence-electron chi connectivity index (χ4n) is 0.936. The number of pyridine rings is 2. The molecule has 0 fully saturated rings. The Labute approximate surface area is 81.1 Å². The Balaban J connectivity index is 2.16. The molecule has 0 aliphatic rings. The van der Waals surface area contributed by atoms with Crippen LogP contribution in [0.4, 0.5) is 0 Å². The first-order chi connectivity index (χ1) is 6.45. The Morgan fingerprint density at radius 2 is 2.00 bits per heavy atom. The first-order valence-corrected chi connectivity index (χ1v) is 4.76. The molecule has 0 saturated heterocycles. The van der Waals surface area contributed by atoms with E-state index in [1.165, 1.54) is 0 Å². The van der Waals surface area contributed by atoms with Gasteiger partial charge in [0.25, 0.3) is 0 Å². The third-order valence-corrected chi connectivity index (χ3v) is 2.42. The van der Waals surface area contributed by atoms with Crippen LogP contribution in [0, 0.1) is 0 Å². The molecule has 3 heteroatoms. The lowest BCUT2D eigenvalue weighted by atomic mass is 10.5. The highest BCUT2D eigenvalue weighted by atomic mass is 32.2. The maximum absolute atomic E-state index is 4.21. The smallest absolute Gasteiger partial charge is 0.101 e. The van der Waals surface area contributed by atoms with Crippen molar-refractivity contribution in [2.24, 2.45) is 0 Å². The minimum atomic E-state index is 0.996. The fourth-order valence-corrected chi connectivity index (χ4v) is 1.70. The van der Waals surface area contributed by atoms with Crippen molar-refractivity contribution in [3.63, 3.8) is 0 Å². The van der Waals surface area contributed by atoms with Gasteiger partial charge in [0.2, 0.25) is 0 Å². The van der Waals surface area contributed by atoms with Crippen molar-refractivity contribution in [3.05, 3.63) is 48.9 Å². The van der Waals surface area contributed by atoms with Crippen LogP contribution < -0.4 is 0 Å².